The van der Waals surface area contributed by atoms with Crippen molar-refractivity contribution in [2.75, 3.05) is 13.1 Å². The van der Waals surface area contributed by atoms with E-state index in [0.29, 0.717) is 12.3 Å². The quantitative estimate of drug-likeness (QED) is 0.926. The minimum Gasteiger partial charge on any atom is -0.343 e. The Morgan fingerprint density at radius 2 is 1.86 bits per heavy atom. The van der Waals surface area contributed by atoms with Crippen LogP contribution in [0, 0.1) is 5.92 Å². The van der Waals surface area contributed by atoms with E-state index in [2.05, 4.69) is 32.9 Å². The summed E-state index contributed by atoms with van der Waals surface area (Å²) in [4.78, 5) is 14.6. The Kier molecular flexibility index (Phi) is 5.04. The van der Waals surface area contributed by atoms with Crippen LogP contribution in [-0.2, 0) is 10.2 Å². The second-order valence-corrected chi connectivity index (χ2v) is 7.00. The maximum Gasteiger partial charge on any atom is 0.223 e. The smallest absolute Gasteiger partial charge is 0.223 e. The third kappa shape index (κ3) is 4.07. The lowest BCUT2D eigenvalue weighted by atomic mass is 9.81. The Hall–Kier alpha value is -1.35. The summed E-state index contributed by atoms with van der Waals surface area (Å²) < 4.78 is 0. The lowest BCUT2D eigenvalue weighted by molar-refractivity contribution is -0.133. The van der Waals surface area contributed by atoms with Gasteiger partial charge in [-0.25, -0.2) is 0 Å². The van der Waals surface area contributed by atoms with Crippen molar-refractivity contribution >= 4 is 5.91 Å². The molecule has 1 aromatic carbocycles. The highest BCUT2D eigenvalue weighted by atomic mass is 16.2. The summed E-state index contributed by atoms with van der Waals surface area (Å²) in [6, 6.07) is 10.5. The number of amides is 1. The highest BCUT2D eigenvalue weighted by Gasteiger charge is 2.29. The standard InChI is InChI=1S/C18H28N2O/c1-14(19)15-9-11-20(12-10-15)17(21)13-18(2,3)16-7-5-4-6-8-16/h4-8,14-15H,9-13,19H2,1-3H3. The number of likely N-dealkylation sites (tertiary alicyclic amines) is 1. The zero-order chi connectivity index (χ0) is 15.5. The van der Waals surface area contributed by atoms with Crippen LogP contribution < -0.4 is 5.73 Å². The summed E-state index contributed by atoms with van der Waals surface area (Å²) in [7, 11) is 0. The second kappa shape index (κ2) is 6.61. The first-order chi connectivity index (χ1) is 9.90. The fourth-order valence-corrected chi connectivity index (χ4v) is 3.16. The fourth-order valence-electron chi connectivity index (χ4n) is 3.16. The molecule has 1 aliphatic heterocycles. The summed E-state index contributed by atoms with van der Waals surface area (Å²) in [6.45, 7) is 8.08. The maximum absolute atomic E-state index is 12.6. The van der Waals surface area contributed by atoms with E-state index in [9.17, 15) is 4.79 Å². The van der Waals surface area contributed by atoms with E-state index in [1.54, 1.807) is 0 Å². The number of carbonyl (C=O) groups is 1. The van der Waals surface area contributed by atoms with Gasteiger partial charge in [0, 0.05) is 25.6 Å². The van der Waals surface area contributed by atoms with Crippen LogP contribution in [0.15, 0.2) is 30.3 Å². The molecule has 0 aliphatic carbocycles. The lowest BCUT2D eigenvalue weighted by Gasteiger charge is -2.35. The topological polar surface area (TPSA) is 46.3 Å². The number of carbonyl (C=O) groups excluding carboxylic acids is 1. The summed E-state index contributed by atoms with van der Waals surface area (Å²) >= 11 is 0. The van der Waals surface area contributed by atoms with Gasteiger partial charge >= 0.3 is 0 Å². The molecule has 0 aromatic heterocycles. The molecular formula is C18H28N2O. The first-order valence-electron chi connectivity index (χ1n) is 7.99. The van der Waals surface area contributed by atoms with Gasteiger partial charge in [-0.15, -0.1) is 0 Å². The third-order valence-electron chi connectivity index (χ3n) is 4.78. The molecule has 0 spiro atoms. The van der Waals surface area contributed by atoms with E-state index in [0.717, 1.165) is 25.9 Å². The molecule has 1 aliphatic rings. The SMILES string of the molecule is CC(N)C1CCN(C(=O)CC(C)(C)c2ccccc2)CC1. The van der Waals surface area contributed by atoms with Crippen LogP contribution in [0.2, 0.25) is 0 Å². The Morgan fingerprint density at radius 1 is 1.29 bits per heavy atom. The van der Waals surface area contributed by atoms with E-state index in [1.807, 2.05) is 23.1 Å². The number of hydrogen-bond donors (Lipinski definition) is 1. The predicted octanol–water partition coefficient (Wildman–Crippen LogP) is 2.94. The molecule has 1 heterocycles. The molecule has 21 heavy (non-hydrogen) atoms. The number of nitrogens with two attached hydrogens (primary N) is 1. The van der Waals surface area contributed by atoms with Crippen molar-refractivity contribution in [1.29, 1.82) is 0 Å². The molecule has 0 saturated carbocycles. The van der Waals surface area contributed by atoms with Crippen molar-refractivity contribution < 1.29 is 4.79 Å². The normalized spacial score (nSPS) is 18.6. The lowest BCUT2D eigenvalue weighted by Crippen LogP contribution is -2.44. The molecule has 1 fully saturated rings. The van der Waals surface area contributed by atoms with E-state index in [1.165, 1.54) is 5.56 Å². The van der Waals surface area contributed by atoms with Gasteiger partial charge in [0.2, 0.25) is 5.91 Å². The predicted molar refractivity (Wildman–Crippen MR) is 87.0 cm³/mol. The molecule has 1 aromatic rings. The largest absolute Gasteiger partial charge is 0.343 e. The molecule has 1 atom stereocenters. The average Bonchev–Trinajstić information content (AvgIpc) is 2.48. The van der Waals surface area contributed by atoms with Crippen molar-refractivity contribution in [2.45, 2.75) is 51.5 Å². The maximum atomic E-state index is 12.6. The van der Waals surface area contributed by atoms with Gasteiger partial charge in [0.05, 0.1) is 0 Å². The van der Waals surface area contributed by atoms with Crippen LogP contribution in [0.4, 0.5) is 0 Å². The van der Waals surface area contributed by atoms with Gasteiger partial charge in [0.15, 0.2) is 0 Å². The average molecular weight is 288 g/mol. The number of rotatable bonds is 4. The Morgan fingerprint density at radius 3 is 2.38 bits per heavy atom. The zero-order valence-corrected chi connectivity index (χ0v) is 13.5. The molecule has 116 valence electrons. The van der Waals surface area contributed by atoms with Crippen LogP contribution in [0.5, 0.6) is 0 Å². The molecule has 1 amide bonds. The van der Waals surface area contributed by atoms with Crippen LogP contribution in [0.25, 0.3) is 0 Å². The first-order valence-corrected chi connectivity index (χ1v) is 7.99. The van der Waals surface area contributed by atoms with Crippen molar-refractivity contribution in [3.05, 3.63) is 35.9 Å². The highest BCUT2D eigenvalue weighted by molar-refractivity contribution is 5.77. The molecule has 3 heteroatoms. The summed E-state index contributed by atoms with van der Waals surface area (Å²) in [5.74, 6) is 0.836. The summed E-state index contributed by atoms with van der Waals surface area (Å²) in [5.41, 5.74) is 7.07. The van der Waals surface area contributed by atoms with E-state index >= 15 is 0 Å². The van der Waals surface area contributed by atoms with Crippen molar-refractivity contribution in [3.8, 4) is 0 Å². The van der Waals surface area contributed by atoms with Crippen molar-refractivity contribution in [1.82, 2.24) is 4.90 Å². The van der Waals surface area contributed by atoms with Gasteiger partial charge in [-0.2, -0.15) is 0 Å². The summed E-state index contributed by atoms with van der Waals surface area (Å²) in [6.07, 6.45) is 2.64. The third-order valence-corrected chi connectivity index (χ3v) is 4.78. The van der Waals surface area contributed by atoms with Crippen LogP contribution in [0.3, 0.4) is 0 Å². The Bertz CT molecular complexity index is 459. The summed E-state index contributed by atoms with van der Waals surface area (Å²) in [5, 5.41) is 0. The van der Waals surface area contributed by atoms with Gasteiger partial charge in [-0.1, -0.05) is 44.2 Å². The molecule has 2 rings (SSSR count). The van der Waals surface area contributed by atoms with Gasteiger partial charge in [0.1, 0.15) is 0 Å². The number of hydrogen-bond acceptors (Lipinski definition) is 2. The van der Waals surface area contributed by atoms with Gasteiger partial charge < -0.3 is 10.6 Å². The van der Waals surface area contributed by atoms with Crippen LogP contribution in [0.1, 0.15) is 45.6 Å². The molecule has 0 radical (unpaired) electrons. The Labute approximate surface area is 128 Å². The van der Waals surface area contributed by atoms with Crippen molar-refractivity contribution in [2.24, 2.45) is 11.7 Å². The fraction of sp³-hybridized carbons (Fsp3) is 0.611. The number of nitrogens with zero attached hydrogens (tertiary/aromatic N) is 1. The molecule has 2 N–H and O–H groups in total. The van der Waals surface area contributed by atoms with Gasteiger partial charge in [0.25, 0.3) is 0 Å². The number of benzene rings is 1. The monoisotopic (exact) mass is 288 g/mol. The van der Waals surface area contributed by atoms with Gasteiger partial charge in [-0.3, -0.25) is 4.79 Å². The van der Waals surface area contributed by atoms with Crippen LogP contribution in [-0.4, -0.2) is 29.9 Å². The van der Waals surface area contributed by atoms with E-state index < -0.39 is 0 Å². The van der Waals surface area contributed by atoms with E-state index in [-0.39, 0.29) is 17.4 Å². The molecule has 3 nitrogen and oxygen atoms in total. The molecular weight excluding hydrogens is 260 g/mol. The van der Waals surface area contributed by atoms with Crippen LogP contribution >= 0.6 is 0 Å². The Balaban J connectivity index is 1.93. The molecule has 0 bridgehead atoms. The highest BCUT2D eigenvalue weighted by Crippen LogP contribution is 2.29. The van der Waals surface area contributed by atoms with Crippen molar-refractivity contribution in [3.63, 3.8) is 0 Å². The molecule has 1 unspecified atom stereocenters. The first kappa shape index (κ1) is 16.0. The van der Waals surface area contributed by atoms with Gasteiger partial charge in [-0.05, 0) is 36.7 Å². The zero-order valence-electron chi connectivity index (χ0n) is 13.5. The van der Waals surface area contributed by atoms with E-state index in [4.69, 9.17) is 5.73 Å². The molecule has 1 saturated heterocycles. The minimum absolute atomic E-state index is 0.115. The minimum atomic E-state index is -0.115. The second-order valence-electron chi connectivity index (χ2n) is 7.00. The number of piperidine rings is 1.